The lowest BCUT2D eigenvalue weighted by atomic mass is 10.2. The number of benzene rings is 2. The minimum Gasteiger partial charge on any atom is -0.325 e. The third-order valence-corrected chi connectivity index (χ3v) is 6.19. The molecule has 1 aliphatic rings. The topological polar surface area (TPSA) is 93.0 Å². The van der Waals surface area contributed by atoms with E-state index in [9.17, 15) is 9.59 Å². The monoisotopic (exact) mass is 444 g/mol. The second-order valence-electron chi connectivity index (χ2n) is 7.34. The van der Waals surface area contributed by atoms with Crippen molar-refractivity contribution in [3.8, 4) is 5.69 Å². The lowest BCUT2D eigenvalue weighted by Gasteiger charge is -2.16. The molecule has 32 heavy (non-hydrogen) atoms. The van der Waals surface area contributed by atoms with Crippen molar-refractivity contribution in [1.82, 2.24) is 19.7 Å². The summed E-state index contributed by atoms with van der Waals surface area (Å²) in [5, 5.41) is 8.84. The molecule has 2 aromatic heterocycles. The fraction of sp³-hybridized carbons (Fsp3) is 0.174. The Balaban J connectivity index is 1.28. The van der Waals surface area contributed by atoms with Gasteiger partial charge in [-0.2, -0.15) is 5.10 Å². The van der Waals surface area contributed by atoms with Crippen LogP contribution in [0.5, 0.6) is 0 Å². The number of para-hydroxylation sites is 1. The maximum Gasteiger partial charge on any atom is 0.234 e. The molecule has 1 fully saturated rings. The van der Waals surface area contributed by atoms with Gasteiger partial charge in [-0.3, -0.25) is 9.59 Å². The summed E-state index contributed by atoms with van der Waals surface area (Å²) in [5.41, 5.74) is 3.07. The summed E-state index contributed by atoms with van der Waals surface area (Å²) < 4.78 is 1.76. The molecule has 4 aromatic rings. The van der Waals surface area contributed by atoms with Crippen LogP contribution in [0.1, 0.15) is 12.8 Å². The number of anilines is 2. The number of carbonyl (C=O) groups excluding carboxylic acids is 2. The summed E-state index contributed by atoms with van der Waals surface area (Å²) in [4.78, 5) is 35.0. The van der Waals surface area contributed by atoms with Crippen LogP contribution in [0.25, 0.3) is 16.7 Å². The quantitative estimate of drug-likeness (QED) is 0.360. The van der Waals surface area contributed by atoms with Crippen molar-refractivity contribution >= 4 is 46.0 Å². The summed E-state index contributed by atoms with van der Waals surface area (Å²) in [6, 6.07) is 17.1. The van der Waals surface area contributed by atoms with Crippen LogP contribution < -0.4 is 10.2 Å². The molecule has 0 spiro atoms. The zero-order valence-corrected chi connectivity index (χ0v) is 18.0. The number of amides is 2. The Bertz CT molecular complexity index is 1290. The van der Waals surface area contributed by atoms with E-state index in [2.05, 4.69) is 20.4 Å². The third-order valence-electron chi connectivity index (χ3n) is 5.18. The average Bonchev–Trinajstić information content (AvgIpc) is 3.45. The molecule has 1 saturated heterocycles. The maximum atomic E-state index is 12.6. The van der Waals surface area contributed by atoms with Crippen molar-refractivity contribution in [2.45, 2.75) is 17.9 Å². The molecular weight excluding hydrogens is 424 g/mol. The van der Waals surface area contributed by atoms with E-state index in [1.165, 1.54) is 18.1 Å². The lowest BCUT2D eigenvalue weighted by Crippen LogP contribution is -2.23. The number of thioether (sulfide) groups is 1. The molecule has 9 heteroatoms. The van der Waals surface area contributed by atoms with Crippen molar-refractivity contribution in [3.05, 3.63) is 67.1 Å². The SMILES string of the molecule is O=C(CSc1ncnc2c1cnn2-c1ccccc1)Nc1cccc(N2CCCC2=O)c1. The molecule has 2 amide bonds. The van der Waals surface area contributed by atoms with Crippen LogP contribution in [-0.4, -0.2) is 43.9 Å². The van der Waals surface area contributed by atoms with Gasteiger partial charge in [-0.1, -0.05) is 36.0 Å². The van der Waals surface area contributed by atoms with Gasteiger partial charge in [0, 0.05) is 24.3 Å². The summed E-state index contributed by atoms with van der Waals surface area (Å²) in [6.07, 6.45) is 4.64. The van der Waals surface area contributed by atoms with Gasteiger partial charge < -0.3 is 10.2 Å². The summed E-state index contributed by atoms with van der Waals surface area (Å²) in [5.74, 6) is 0.158. The Morgan fingerprint density at radius 3 is 2.72 bits per heavy atom. The van der Waals surface area contributed by atoms with E-state index in [1.807, 2.05) is 54.6 Å². The highest BCUT2D eigenvalue weighted by Gasteiger charge is 2.22. The van der Waals surface area contributed by atoms with Crippen LogP contribution in [-0.2, 0) is 9.59 Å². The minimum absolute atomic E-state index is 0.118. The molecule has 0 aliphatic carbocycles. The molecule has 160 valence electrons. The van der Waals surface area contributed by atoms with Crippen LogP contribution in [0.3, 0.4) is 0 Å². The van der Waals surface area contributed by atoms with Gasteiger partial charge >= 0.3 is 0 Å². The molecular formula is C23H20N6O2S. The fourth-order valence-electron chi connectivity index (χ4n) is 3.70. The molecule has 1 aliphatic heterocycles. The Morgan fingerprint density at radius 1 is 1.06 bits per heavy atom. The van der Waals surface area contributed by atoms with E-state index in [4.69, 9.17) is 0 Å². The summed E-state index contributed by atoms with van der Waals surface area (Å²) in [7, 11) is 0. The molecule has 2 aromatic carbocycles. The first-order chi connectivity index (χ1) is 15.7. The average molecular weight is 445 g/mol. The van der Waals surface area contributed by atoms with Crippen molar-refractivity contribution in [1.29, 1.82) is 0 Å². The molecule has 1 N–H and O–H groups in total. The van der Waals surface area contributed by atoms with E-state index in [1.54, 1.807) is 15.8 Å². The first-order valence-corrected chi connectivity index (χ1v) is 11.2. The van der Waals surface area contributed by atoms with Crippen molar-refractivity contribution < 1.29 is 9.59 Å². The van der Waals surface area contributed by atoms with Crippen LogP contribution in [0, 0.1) is 0 Å². The first-order valence-electron chi connectivity index (χ1n) is 10.3. The van der Waals surface area contributed by atoms with Gasteiger partial charge in [-0.15, -0.1) is 0 Å². The summed E-state index contributed by atoms with van der Waals surface area (Å²) in [6.45, 7) is 0.715. The highest BCUT2D eigenvalue weighted by molar-refractivity contribution is 8.00. The number of fused-ring (bicyclic) bond motifs is 1. The van der Waals surface area contributed by atoms with E-state index >= 15 is 0 Å². The zero-order valence-electron chi connectivity index (χ0n) is 17.1. The van der Waals surface area contributed by atoms with Crippen molar-refractivity contribution in [2.24, 2.45) is 0 Å². The van der Waals surface area contributed by atoms with Crippen molar-refractivity contribution in [3.63, 3.8) is 0 Å². The molecule has 0 atom stereocenters. The van der Waals surface area contributed by atoms with Gasteiger partial charge in [-0.25, -0.2) is 14.6 Å². The van der Waals surface area contributed by atoms with Gasteiger partial charge in [-0.05, 0) is 36.8 Å². The van der Waals surface area contributed by atoms with Crippen LogP contribution in [0.4, 0.5) is 11.4 Å². The number of carbonyl (C=O) groups is 2. The van der Waals surface area contributed by atoms with Gasteiger partial charge in [0.25, 0.3) is 0 Å². The third kappa shape index (κ3) is 4.06. The van der Waals surface area contributed by atoms with Gasteiger partial charge in [0.05, 0.1) is 23.0 Å². The molecule has 0 bridgehead atoms. The molecule has 5 rings (SSSR count). The predicted octanol–water partition coefficient (Wildman–Crippen LogP) is 3.67. The number of nitrogens with one attached hydrogen (secondary N) is 1. The largest absolute Gasteiger partial charge is 0.325 e. The number of nitrogens with zero attached hydrogens (tertiary/aromatic N) is 5. The van der Waals surface area contributed by atoms with Gasteiger partial charge in [0.15, 0.2) is 5.65 Å². The zero-order chi connectivity index (χ0) is 21.9. The number of aromatic nitrogens is 4. The molecule has 0 unspecified atom stereocenters. The minimum atomic E-state index is -0.151. The lowest BCUT2D eigenvalue weighted by molar-refractivity contribution is -0.117. The Kier molecular flexibility index (Phi) is 5.55. The van der Waals surface area contributed by atoms with Crippen molar-refractivity contribution in [2.75, 3.05) is 22.5 Å². The molecule has 8 nitrogen and oxygen atoms in total. The second-order valence-corrected chi connectivity index (χ2v) is 8.31. The smallest absolute Gasteiger partial charge is 0.234 e. The second kappa shape index (κ2) is 8.80. The number of rotatable bonds is 6. The highest BCUT2D eigenvalue weighted by atomic mass is 32.2. The highest BCUT2D eigenvalue weighted by Crippen LogP contribution is 2.27. The first kappa shape index (κ1) is 20.2. The Labute approximate surface area is 188 Å². The maximum absolute atomic E-state index is 12.6. The normalized spacial score (nSPS) is 13.6. The van der Waals surface area contributed by atoms with Crippen LogP contribution in [0.15, 0.2) is 72.1 Å². The van der Waals surface area contributed by atoms with E-state index in [0.29, 0.717) is 29.3 Å². The van der Waals surface area contributed by atoms with Crippen LogP contribution >= 0.6 is 11.8 Å². The van der Waals surface area contributed by atoms with Gasteiger partial charge in [0.1, 0.15) is 11.4 Å². The standard InChI is InChI=1S/C23H20N6O2S/c30-20(27-16-6-4-9-18(12-16)28-11-5-10-21(28)31)14-32-23-19-13-26-29(22(19)24-15-25-23)17-7-2-1-3-8-17/h1-4,6-9,12-13,15H,5,10-11,14H2,(H,27,30). The summed E-state index contributed by atoms with van der Waals surface area (Å²) >= 11 is 1.33. The molecule has 0 radical (unpaired) electrons. The number of hydrogen-bond donors (Lipinski definition) is 1. The molecule has 0 saturated carbocycles. The van der Waals surface area contributed by atoms with E-state index < -0.39 is 0 Å². The Hall–Kier alpha value is -3.72. The van der Waals surface area contributed by atoms with Crippen LogP contribution in [0.2, 0.25) is 0 Å². The van der Waals surface area contributed by atoms with E-state index in [0.717, 1.165) is 23.2 Å². The predicted molar refractivity (Wildman–Crippen MR) is 124 cm³/mol. The number of hydrogen-bond acceptors (Lipinski definition) is 6. The van der Waals surface area contributed by atoms with E-state index in [-0.39, 0.29) is 17.6 Å². The van der Waals surface area contributed by atoms with Gasteiger partial charge in [0.2, 0.25) is 11.8 Å². The molecule has 3 heterocycles. The fourth-order valence-corrected chi connectivity index (χ4v) is 4.46. The Morgan fingerprint density at radius 2 is 1.91 bits per heavy atom.